The van der Waals surface area contributed by atoms with Gasteiger partial charge in [-0.2, -0.15) is 0 Å². The molecule has 1 heterocycles. The quantitative estimate of drug-likeness (QED) is 0.394. The highest BCUT2D eigenvalue weighted by molar-refractivity contribution is 5.84. The first kappa shape index (κ1) is 17.9. The second-order valence-corrected chi connectivity index (χ2v) is 9.61. The first-order chi connectivity index (χ1) is 14.5. The van der Waals surface area contributed by atoms with Crippen molar-refractivity contribution >= 4 is 17.1 Å². The maximum atomic E-state index is 10.8. The largest absolute Gasteiger partial charge is 0.511 e. The molecule has 5 nitrogen and oxygen atoms in total. The molecule has 30 heavy (non-hydrogen) atoms. The van der Waals surface area contributed by atoms with Crippen LogP contribution in [0, 0.1) is 17.8 Å². The molecule has 1 aromatic heterocycles. The molecule has 7 rings (SSSR count). The lowest BCUT2D eigenvalue weighted by atomic mass is 9.48. The lowest BCUT2D eigenvalue weighted by Crippen LogP contribution is -2.48. The number of carbonyl (C=O) groups is 1. The summed E-state index contributed by atoms with van der Waals surface area (Å²) < 4.78 is 10.8. The van der Waals surface area contributed by atoms with Crippen molar-refractivity contribution in [3.63, 3.8) is 0 Å². The molecular formula is C25H24O5. The molecule has 2 N–H and O–H groups in total. The maximum absolute atomic E-state index is 10.8. The third-order valence-electron chi connectivity index (χ3n) is 7.58. The minimum Gasteiger partial charge on any atom is -0.508 e. The Morgan fingerprint density at radius 3 is 2.33 bits per heavy atom. The van der Waals surface area contributed by atoms with Gasteiger partial charge in [-0.3, -0.25) is 0 Å². The van der Waals surface area contributed by atoms with Crippen LogP contribution < -0.4 is 4.74 Å². The Morgan fingerprint density at radius 2 is 1.67 bits per heavy atom. The number of rotatable bonds is 3. The first-order valence-electron chi connectivity index (χ1n) is 10.8. The fourth-order valence-electron chi connectivity index (χ4n) is 6.88. The van der Waals surface area contributed by atoms with E-state index in [1.807, 2.05) is 12.1 Å². The summed E-state index contributed by atoms with van der Waals surface area (Å²) in [4.78, 5) is 10.8. The van der Waals surface area contributed by atoms with E-state index in [-0.39, 0.29) is 11.2 Å². The van der Waals surface area contributed by atoms with Crippen LogP contribution in [-0.4, -0.2) is 16.4 Å². The van der Waals surface area contributed by atoms with Crippen LogP contribution in [0.1, 0.15) is 44.1 Å². The Bertz CT molecular complexity index is 1120. The molecule has 4 saturated carbocycles. The van der Waals surface area contributed by atoms with Crippen LogP contribution in [0.2, 0.25) is 0 Å². The molecule has 0 unspecified atom stereocenters. The highest BCUT2D eigenvalue weighted by Crippen LogP contribution is 2.62. The van der Waals surface area contributed by atoms with Gasteiger partial charge in [0.1, 0.15) is 22.8 Å². The van der Waals surface area contributed by atoms with Crippen molar-refractivity contribution in [2.24, 2.45) is 17.8 Å². The maximum Gasteiger partial charge on any atom is 0.511 e. The molecule has 2 aromatic carbocycles. The van der Waals surface area contributed by atoms with Gasteiger partial charge < -0.3 is 19.4 Å². The molecule has 0 aliphatic heterocycles. The predicted molar refractivity (Wildman–Crippen MR) is 112 cm³/mol. The van der Waals surface area contributed by atoms with Crippen molar-refractivity contribution in [3.05, 3.63) is 48.0 Å². The molecule has 4 bridgehead atoms. The number of fused-ring (bicyclic) bond motifs is 1. The van der Waals surface area contributed by atoms with Gasteiger partial charge in [0.25, 0.3) is 0 Å². The zero-order valence-corrected chi connectivity index (χ0v) is 16.6. The van der Waals surface area contributed by atoms with E-state index in [0.717, 1.165) is 34.3 Å². The van der Waals surface area contributed by atoms with Crippen molar-refractivity contribution in [2.75, 3.05) is 0 Å². The Balaban J connectivity index is 1.39. The molecular weight excluding hydrogens is 380 g/mol. The average molecular weight is 404 g/mol. The van der Waals surface area contributed by atoms with E-state index >= 15 is 0 Å². The summed E-state index contributed by atoms with van der Waals surface area (Å²) in [6, 6.07) is 12.7. The molecule has 4 fully saturated rings. The Morgan fingerprint density at radius 1 is 0.967 bits per heavy atom. The van der Waals surface area contributed by atoms with E-state index in [0.29, 0.717) is 17.1 Å². The minimum atomic E-state index is -1.34. The number of hydrogen-bond donors (Lipinski definition) is 2. The van der Waals surface area contributed by atoms with Crippen molar-refractivity contribution in [1.82, 2.24) is 0 Å². The highest BCUT2D eigenvalue weighted by atomic mass is 16.7. The Kier molecular flexibility index (Phi) is 3.74. The molecule has 0 saturated heterocycles. The lowest BCUT2D eigenvalue weighted by molar-refractivity contribution is -0.00611. The van der Waals surface area contributed by atoms with Crippen LogP contribution in [0.15, 0.2) is 46.9 Å². The number of phenolic OH excluding ortho intramolecular Hbond substituents is 1. The molecule has 4 aliphatic carbocycles. The van der Waals surface area contributed by atoms with Crippen LogP contribution in [0.5, 0.6) is 11.5 Å². The molecule has 0 radical (unpaired) electrons. The van der Waals surface area contributed by atoms with Crippen molar-refractivity contribution in [1.29, 1.82) is 0 Å². The average Bonchev–Trinajstić information content (AvgIpc) is 3.10. The minimum absolute atomic E-state index is 0.101. The van der Waals surface area contributed by atoms with Gasteiger partial charge in [0, 0.05) is 16.5 Å². The molecule has 0 amide bonds. The van der Waals surface area contributed by atoms with Gasteiger partial charge in [0.15, 0.2) is 0 Å². The standard InChI is InChI=1S/C25H24O5/c26-21-3-1-17(23-10-18-8-19(29-24(27)28)2-4-22(18)30-23)9-20(21)25-11-14-5-15(12-25)7-16(6-14)13-25/h1-4,8-10,14-16,26H,5-7,11-13H2,(H,27,28). The number of phenols is 1. The summed E-state index contributed by atoms with van der Waals surface area (Å²) in [7, 11) is 0. The molecule has 0 atom stereocenters. The van der Waals surface area contributed by atoms with E-state index < -0.39 is 6.16 Å². The molecule has 0 spiro atoms. The number of ether oxygens (including phenoxy) is 1. The van der Waals surface area contributed by atoms with Gasteiger partial charge in [-0.15, -0.1) is 0 Å². The lowest BCUT2D eigenvalue weighted by Gasteiger charge is -2.57. The number of carboxylic acid groups (broad SMARTS) is 1. The molecule has 154 valence electrons. The van der Waals surface area contributed by atoms with Gasteiger partial charge >= 0.3 is 6.16 Å². The topological polar surface area (TPSA) is 79.9 Å². The summed E-state index contributed by atoms with van der Waals surface area (Å²) in [5.74, 6) is 3.79. The number of aromatic hydroxyl groups is 1. The van der Waals surface area contributed by atoms with Gasteiger partial charge in [0.05, 0.1) is 0 Å². The summed E-state index contributed by atoms with van der Waals surface area (Å²) in [6.07, 6.45) is 6.32. The van der Waals surface area contributed by atoms with Gasteiger partial charge in [-0.1, -0.05) is 0 Å². The molecule has 4 aliphatic rings. The van der Waals surface area contributed by atoms with Crippen molar-refractivity contribution < 1.29 is 24.2 Å². The van der Waals surface area contributed by atoms with Crippen molar-refractivity contribution in [2.45, 2.75) is 43.9 Å². The molecule has 5 heteroatoms. The zero-order valence-electron chi connectivity index (χ0n) is 16.6. The zero-order chi connectivity index (χ0) is 20.5. The summed E-state index contributed by atoms with van der Waals surface area (Å²) in [6.45, 7) is 0. The second-order valence-electron chi connectivity index (χ2n) is 9.61. The molecule has 3 aromatic rings. The van der Waals surface area contributed by atoms with Gasteiger partial charge in [0.2, 0.25) is 0 Å². The fraction of sp³-hybridized carbons (Fsp3) is 0.400. The van der Waals surface area contributed by atoms with Gasteiger partial charge in [-0.05, 0) is 104 Å². The van der Waals surface area contributed by atoms with E-state index in [1.165, 1.54) is 38.5 Å². The number of hydrogen-bond acceptors (Lipinski definition) is 4. The monoisotopic (exact) mass is 404 g/mol. The number of benzene rings is 2. The summed E-state index contributed by atoms with van der Waals surface area (Å²) >= 11 is 0. The summed E-state index contributed by atoms with van der Waals surface area (Å²) in [5.41, 5.74) is 2.79. The third kappa shape index (κ3) is 2.79. The highest BCUT2D eigenvalue weighted by Gasteiger charge is 2.52. The Labute approximate surface area is 174 Å². The predicted octanol–water partition coefficient (Wildman–Crippen LogP) is 6.33. The van der Waals surface area contributed by atoms with Crippen LogP contribution in [0.25, 0.3) is 22.3 Å². The summed E-state index contributed by atoms with van der Waals surface area (Å²) in [5, 5.41) is 20.4. The van der Waals surface area contributed by atoms with Crippen LogP contribution in [0.3, 0.4) is 0 Å². The van der Waals surface area contributed by atoms with Crippen molar-refractivity contribution in [3.8, 4) is 22.8 Å². The third-order valence-corrected chi connectivity index (χ3v) is 7.58. The normalized spacial score (nSPS) is 29.4. The van der Waals surface area contributed by atoms with E-state index in [9.17, 15) is 9.90 Å². The van der Waals surface area contributed by atoms with Crippen LogP contribution in [0.4, 0.5) is 4.79 Å². The first-order valence-corrected chi connectivity index (χ1v) is 10.8. The second kappa shape index (κ2) is 6.27. The van der Waals surface area contributed by atoms with Crippen LogP contribution >= 0.6 is 0 Å². The van der Waals surface area contributed by atoms with E-state index in [4.69, 9.17) is 14.3 Å². The van der Waals surface area contributed by atoms with E-state index in [1.54, 1.807) is 24.3 Å². The Hall–Kier alpha value is -2.95. The fourth-order valence-corrected chi connectivity index (χ4v) is 6.88. The SMILES string of the molecule is O=C(O)Oc1ccc2oc(-c3ccc(O)c(C45CC6CC(CC(C6)C4)C5)c3)cc2c1. The smallest absolute Gasteiger partial charge is 0.508 e. The van der Waals surface area contributed by atoms with Crippen LogP contribution in [-0.2, 0) is 5.41 Å². The van der Waals surface area contributed by atoms with E-state index in [2.05, 4.69) is 6.07 Å². The number of furan rings is 1. The van der Waals surface area contributed by atoms with Gasteiger partial charge in [-0.25, -0.2) is 4.79 Å².